The topological polar surface area (TPSA) is 65.5 Å². The lowest BCUT2D eigenvalue weighted by molar-refractivity contribution is -0.137. The molecule has 0 bridgehead atoms. The molecule has 0 aromatic heterocycles. The van der Waals surface area contributed by atoms with Gasteiger partial charge in [-0.25, -0.2) is 0 Å². The maximum atomic E-state index is 12.6. The molecule has 0 saturated heterocycles. The second-order valence-corrected chi connectivity index (χ2v) is 6.06. The maximum Gasteiger partial charge on any atom is 0.416 e. The summed E-state index contributed by atoms with van der Waals surface area (Å²) in [5.74, 6) is 0.380. The molecule has 0 radical (unpaired) electrons. The summed E-state index contributed by atoms with van der Waals surface area (Å²) in [7, 11) is 1.58. The SMILES string of the molecule is CN=C(NCCC(=O)NCc1ccccc1)NCc1ccc(C(F)(F)F)cc1. The Labute approximate surface area is 162 Å². The van der Waals surface area contributed by atoms with Crippen LogP contribution in [0.3, 0.4) is 0 Å². The lowest BCUT2D eigenvalue weighted by Gasteiger charge is -2.13. The molecule has 0 spiro atoms. The molecule has 0 saturated carbocycles. The van der Waals surface area contributed by atoms with Crippen LogP contribution < -0.4 is 16.0 Å². The Kier molecular flexibility index (Phi) is 7.86. The number of nitrogens with zero attached hydrogens (tertiary/aromatic N) is 1. The minimum atomic E-state index is -4.34. The quantitative estimate of drug-likeness (QED) is 0.501. The number of guanidine groups is 1. The van der Waals surface area contributed by atoms with Gasteiger partial charge in [0.25, 0.3) is 0 Å². The van der Waals surface area contributed by atoms with Crippen molar-refractivity contribution in [3.63, 3.8) is 0 Å². The van der Waals surface area contributed by atoms with E-state index in [1.807, 2.05) is 30.3 Å². The first-order chi connectivity index (χ1) is 13.4. The normalized spacial score (nSPS) is 11.8. The lowest BCUT2D eigenvalue weighted by atomic mass is 10.1. The first kappa shape index (κ1) is 21.3. The minimum Gasteiger partial charge on any atom is -0.356 e. The van der Waals surface area contributed by atoms with Gasteiger partial charge in [0.1, 0.15) is 0 Å². The maximum absolute atomic E-state index is 12.6. The smallest absolute Gasteiger partial charge is 0.356 e. The summed E-state index contributed by atoms with van der Waals surface area (Å²) in [5.41, 5.74) is 1.04. The van der Waals surface area contributed by atoms with Gasteiger partial charge >= 0.3 is 6.18 Å². The Balaban J connectivity index is 1.69. The van der Waals surface area contributed by atoms with Crippen molar-refractivity contribution in [1.29, 1.82) is 0 Å². The Hall–Kier alpha value is -3.03. The molecular formula is C20H23F3N4O. The van der Waals surface area contributed by atoms with Crippen LogP contribution in [-0.4, -0.2) is 25.5 Å². The summed E-state index contributed by atoms with van der Waals surface area (Å²) in [6.45, 7) is 1.17. The van der Waals surface area contributed by atoms with Gasteiger partial charge in [-0.15, -0.1) is 0 Å². The number of aliphatic imine (C=N–C) groups is 1. The number of halogens is 3. The fourth-order valence-electron chi connectivity index (χ4n) is 2.40. The van der Waals surface area contributed by atoms with Crippen LogP contribution in [0, 0.1) is 0 Å². The molecule has 0 heterocycles. The van der Waals surface area contributed by atoms with Gasteiger partial charge in [-0.2, -0.15) is 13.2 Å². The fourth-order valence-corrected chi connectivity index (χ4v) is 2.40. The molecule has 5 nitrogen and oxygen atoms in total. The molecule has 2 aromatic carbocycles. The number of benzene rings is 2. The molecule has 0 aliphatic rings. The Morgan fingerprint density at radius 2 is 1.50 bits per heavy atom. The van der Waals surface area contributed by atoms with Gasteiger partial charge in [-0.1, -0.05) is 42.5 Å². The summed E-state index contributed by atoms with van der Waals surface area (Å²) in [6.07, 6.45) is -4.07. The van der Waals surface area contributed by atoms with Crippen molar-refractivity contribution >= 4 is 11.9 Å². The van der Waals surface area contributed by atoms with E-state index in [1.54, 1.807) is 7.05 Å². The molecule has 1 amide bonds. The molecular weight excluding hydrogens is 369 g/mol. The van der Waals surface area contributed by atoms with Gasteiger partial charge in [0.05, 0.1) is 5.56 Å². The zero-order valence-corrected chi connectivity index (χ0v) is 15.5. The number of rotatable bonds is 7. The average molecular weight is 392 g/mol. The number of hydrogen-bond acceptors (Lipinski definition) is 2. The monoisotopic (exact) mass is 392 g/mol. The number of amides is 1. The lowest BCUT2D eigenvalue weighted by Crippen LogP contribution is -2.38. The zero-order chi connectivity index (χ0) is 20.4. The molecule has 0 fully saturated rings. The van der Waals surface area contributed by atoms with Crippen LogP contribution in [0.4, 0.5) is 13.2 Å². The predicted octanol–water partition coefficient (Wildman–Crippen LogP) is 3.08. The molecule has 3 N–H and O–H groups in total. The summed E-state index contributed by atoms with van der Waals surface area (Å²) in [4.78, 5) is 15.9. The molecule has 0 unspecified atom stereocenters. The first-order valence-electron chi connectivity index (χ1n) is 8.80. The van der Waals surface area contributed by atoms with E-state index in [0.29, 0.717) is 31.2 Å². The molecule has 2 aromatic rings. The van der Waals surface area contributed by atoms with Crippen LogP contribution in [0.5, 0.6) is 0 Å². The van der Waals surface area contributed by atoms with Crippen LogP contribution in [0.15, 0.2) is 59.6 Å². The Bertz CT molecular complexity index is 774. The number of carbonyl (C=O) groups is 1. The van der Waals surface area contributed by atoms with Crippen molar-refractivity contribution in [2.45, 2.75) is 25.7 Å². The molecule has 0 aliphatic heterocycles. The van der Waals surface area contributed by atoms with E-state index in [-0.39, 0.29) is 12.3 Å². The summed E-state index contributed by atoms with van der Waals surface area (Å²) >= 11 is 0. The minimum absolute atomic E-state index is 0.0884. The summed E-state index contributed by atoms with van der Waals surface area (Å²) in [6, 6.07) is 14.5. The summed E-state index contributed by atoms with van der Waals surface area (Å²) in [5, 5.41) is 8.84. The number of alkyl halides is 3. The molecule has 150 valence electrons. The van der Waals surface area contributed by atoms with Crippen LogP contribution in [-0.2, 0) is 24.1 Å². The van der Waals surface area contributed by atoms with Crippen molar-refractivity contribution in [2.75, 3.05) is 13.6 Å². The average Bonchev–Trinajstić information content (AvgIpc) is 2.69. The van der Waals surface area contributed by atoms with Crippen molar-refractivity contribution in [3.8, 4) is 0 Å². The van der Waals surface area contributed by atoms with Crippen molar-refractivity contribution < 1.29 is 18.0 Å². The van der Waals surface area contributed by atoms with Gasteiger partial charge in [0, 0.05) is 33.1 Å². The molecule has 8 heteroatoms. The van der Waals surface area contributed by atoms with Gasteiger partial charge in [0.15, 0.2) is 5.96 Å². The third kappa shape index (κ3) is 7.30. The van der Waals surface area contributed by atoms with E-state index in [1.165, 1.54) is 12.1 Å². The highest BCUT2D eigenvalue weighted by molar-refractivity contribution is 5.81. The van der Waals surface area contributed by atoms with Crippen LogP contribution in [0.2, 0.25) is 0 Å². The van der Waals surface area contributed by atoms with Crippen molar-refractivity contribution in [3.05, 3.63) is 71.3 Å². The van der Waals surface area contributed by atoms with E-state index >= 15 is 0 Å². The number of hydrogen-bond donors (Lipinski definition) is 3. The van der Waals surface area contributed by atoms with E-state index in [2.05, 4.69) is 20.9 Å². The largest absolute Gasteiger partial charge is 0.416 e. The van der Waals surface area contributed by atoms with Gasteiger partial charge in [-0.05, 0) is 23.3 Å². The second-order valence-electron chi connectivity index (χ2n) is 6.06. The van der Waals surface area contributed by atoms with E-state index in [9.17, 15) is 18.0 Å². The highest BCUT2D eigenvalue weighted by atomic mass is 19.4. The highest BCUT2D eigenvalue weighted by Crippen LogP contribution is 2.28. The highest BCUT2D eigenvalue weighted by Gasteiger charge is 2.29. The molecule has 2 rings (SSSR count). The third-order valence-corrected chi connectivity index (χ3v) is 3.94. The van der Waals surface area contributed by atoms with Gasteiger partial charge in [-0.3, -0.25) is 9.79 Å². The molecule has 28 heavy (non-hydrogen) atoms. The van der Waals surface area contributed by atoms with Crippen molar-refractivity contribution in [1.82, 2.24) is 16.0 Å². The summed E-state index contributed by atoms with van der Waals surface area (Å²) < 4.78 is 37.7. The fraction of sp³-hybridized carbons (Fsp3) is 0.300. The van der Waals surface area contributed by atoms with Crippen LogP contribution in [0.1, 0.15) is 23.1 Å². The van der Waals surface area contributed by atoms with Gasteiger partial charge in [0.2, 0.25) is 5.91 Å². The number of nitrogens with one attached hydrogen (secondary N) is 3. The van der Waals surface area contributed by atoms with Crippen LogP contribution >= 0.6 is 0 Å². The second kappa shape index (κ2) is 10.3. The predicted molar refractivity (Wildman–Crippen MR) is 103 cm³/mol. The third-order valence-electron chi connectivity index (χ3n) is 3.94. The van der Waals surface area contributed by atoms with Crippen molar-refractivity contribution in [2.24, 2.45) is 4.99 Å². The Morgan fingerprint density at radius 1 is 0.893 bits per heavy atom. The molecule has 0 atom stereocenters. The van der Waals surface area contributed by atoms with E-state index in [0.717, 1.165) is 17.7 Å². The first-order valence-corrected chi connectivity index (χ1v) is 8.80. The molecule has 0 aliphatic carbocycles. The number of carbonyl (C=O) groups excluding carboxylic acids is 1. The Morgan fingerprint density at radius 3 is 2.11 bits per heavy atom. The van der Waals surface area contributed by atoms with E-state index < -0.39 is 11.7 Å². The standard InChI is InChI=1S/C20H23F3N4O/c1-24-19(27-14-16-7-9-17(10-8-16)20(21,22)23)25-12-11-18(28)26-13-15-5-3-2-4-6-15/h2-10H,11-14H2,1H3,(H,26,28)(H2,24,25,27). The van der Waals surface area contributed by atoms with E-state index in [4.69, 9.17) is 0 Å². The van der Waals surface area contributed by atoms with Crippen LogP contribution in [0.25, 0.3) is 0 Å². The zero-order valence-electron chi connectivity index (χ0n) is 15.5. The van der Waals surface area contributed by atoms with Gasteiger partial charge < -0.3 is 16.0 Å².